The number of nitrogens with zero attached hydrogens (tertiary/aromatic N) is 2. The molecular formula is C21H12F4N2O3S. The van der Waals surface area contributed by atoms with Crippen LogP contribution in [0.2, 0.25) is 0 Å². The van der Waals surface area contributed by atoms with Crippen molar-refractivity contribution in [3.63, 3.8) is 0 Å². The molecule has 2 atom stereocenters. The number of alkyl halides is 3. The second-order valence-corrected chi connectivity index (χ2v) is 7.28. The van der Waals surface area contributed by atoms with Gasteiger partial charge in [0.1, 0.15) is 30.2 Å². The zero-order valence-corrected chi connectivity index (χ0v) is 16.6. The first-order valence-corrected chi connectivity index (χ1v) is 9.09. The first kappa shape index (κ1) is 22.2. The average Bonchev–Trinajstić information content (AvgIpc) is 2.94. The third kappa shape index (κ3) is 4.21. The number of nitriles is 1. The second kappa shape index (κ2) is 7.97. The molecule has 0 aromatic heterocycles. The Morgan fingerprint density at radius 1 is 1.32 bits per heavy atom. The van der Waals surface area contributed by atoms with Gasteiger partial charge >= 0.3 is 6.18 Å². The van der Waals surface area contributed by atoms with Crippen LogP contribution in [-0.4, -0.2) is 23.0 Å². The van der Waals surface area contributed by atoms with E-state index in [-0.39, 0.29) is 28.5 Å². The van der Waals surface area contributed by atoms with Gasteiger partial charge in [0.2, 0.25) is 0 Å². The number of thiocarbonyl (C=S) groups is 1. The molecule has 0 radical (unpaired) electrons. The summed E-state index contributed by atoms with van der Waals surface area (Å²) in [5.41, 5.74) is -3.63. The Kier molecular flexibility index (Phi) is 5.70. The Balaban J connectivity index is 1.86. The number of ether oxygens (including phenoxy) is 2. The number of hydrogen-bond acceptors (Lipinski definition) is 5. The molecule has 0 saturated carbocycles. The van der Waals surface area contributed by atoms with E-state index in [0.29, 0.717) is 6.07 Å². The molecule has 2 unspecified atom stereocenters. The molecule has 0 spiro atoms. The van der Waals surface area contributed by atoms with Gasteiger partial charge in [0.15, 0.2) is 22.1 Å². The van der Waals surface area contributed by atoms with Crippen molar-refractivity contribution in [3.05, 3.63) is 70.3 Å². The molecule has 0 bridgehead atoms. The summed E-state index contributed by atoms with van der Waals surface area (Å²) in [6.45, 7) is 7.88. The predicted octanol–water partition coefficient (Wildman–Crippen LogP) is 5.11. The quantitative estimate of drug-likeness (QED) is 0.369. The SMILES string of the molecule is [C-]#[N+]c1ccc(C2C(=O)C(C)(COc3ccc(C#N)c(F)c3)OC2=S)cc1C(F)(F)F. The average molecular weight is 448 g/mol. The van der Waals surface area contributed by atoms with Crippen LogP contribution in [0.5, 0.6) is 5.75 Å². The van der Waals surface area contributed by atoms with E-state index in [1.54, 1.807) is 6.07 Å². The number of benzene rings is 2. The summed E-state index contributed by atoms with van der Waals surface area (Å²) in [5.74, 6) is -2.67. The first-order valence-electron chi connectivity index (χ1n) is 8.68. The van der Waals surface area contributed by atoms with Crippen LogP contribution in [0, 0.1) is 23.7 Å². The van der Waals surface area contributed by atoms with E-state index in [4.69, 9.17) is 33.5 Å². The fourth-order valence-electron chi connectivity index (χ4n) is 3.09. The lowest BCUT2D eigenvalue weighted by Gasteiger charge is -2.22. The number of carbonyl (C=O) groups is 1. The fourth-order valence-corrected chi connectivity index (χ4v) is 3.51. The number of carbonyl (C=O) groups excluding carboxylic acids is 1. The van der Waals surface area contributed by atoms with Gasteiger partial charge in [-0.2, -0.15) is 18.4 Å². The van der Waals surface area contributed by atoms with Gasteiger partial charge in [-0.05, 0) is 36.8 Å². The molecule has 1 aliphatic rings. The van der Waals surface area contributed by atoms with Gasteiger partial charge in [-0.15, -0.1) is 0 Å². The van der Waals surface area contributed by atoms with Crippen LogP contribution in [0.3, 0.4) is 0 Å². The number of Topliss-reactive ketones (excluding diaryl/α,β-unsaturated/α-hetero) is 1. The number of halogens is 4. The van der Waals surface area contributed by atoms with E-state index in [1.165, 1.54) is 25.1 Å². The zero-order chi connectivity index (χ0) is 23.0. The molecule has 0 aliphatic carbocycles. The van der Waals surface area contributed by atoms with Crippen LogP contribution >= 0.6 is 12.2 Å². The highest BCUT2D eigenvalue weighted by atomic mass is 32.1. The van der Waals surface area contributed by atoms with Crippen LogP contribution in [0.4, 0.5) is 23.2 Å². The fraction of sp³-hybridized carbons (Fsp3) is 0.238. The van der Waals surface area contributed by atoms with E-state index < -0.39 is 40.5 Å². The van der Waals surface area contributed by atoms with Crippen molar-refractivity contribution in [1.29, 1.82) is 5.26 Å². The summed E-state index contributed by atoms with van der Waals surface area (Å²) in [4.78, 5) is 15.9. The van der Waals surface area contributed by atoms with E-state index in [1.807, 2.05) is 0 Å². The highest BCUT2D eigenvalue weighted by molar-refractivity contribution is 7.80. The smallest absolute Gasteiger partial charge is 0.407 e. The van der Waals surface area contributed by atoms with Crippen molar-refractivity contribution in [2.24, 2.45) is 0 Å². The lowest BCUT2D eigenvalue weighted by Crippen LogP contribution is -2.40. The molecule has 158 valence electrons. The van der Waals surface area contributed by atoms with Crippen molar-refractivity contribution in [2.45, 2.75) is 24.6 Å². The lowest BCUT2D eigenvalue weighted by molar-refractivity contribution is -0.137. The maximum Gasteiger partial charge on any atom is 0.407 e. The number of ketones is 1. The maximum atomic E-state index is 13.7. The molecule has 10 heteroatoms. The maximum absolute atomic E-state index is 13.7. The normalized spacial score (nSPS) is 20.7. The molecule has 31 heavy (non-hydrogen) atoms. The van der Waals surface area contributed by atoms with Gasteiger partial charge in [-0.1, -0.05) is 18.2 Å². The standard InChI is InChI=1S/C21H12F4N2O3S/c1-20(10-29-13-5-3-12(9-26)15(22)8-13)18(28)17(19(31)30-20)11-4-6-16(27-2)14(7-11)21(23,24)25/h3-8,17H,10H2,1H3. The van der Waals surface area contributed by atoms with Gasteiger partial charge in [-0.25, -0.2) is 9.24 Å². The third-order valence-electron chi connectivity index (χ3n) is 4.70. The van der Waals surface area contributed by atoms with Crippen molar-refractivity contribution >= 4 is 28.7 Å². The summed E-state index contributed by atoms with van der Waals surface area (Å²) < 4.78 is 64.5. The monoisotopic (exact) mass is 448 g/mol. The Morgan fingerprint density at radius 3 is 2.61 bits per heavy atom. The Morgan fingerprint density at radius 2 is 2.03 bits per heavy atom. The molecule has 5 nitrogen and oxygen atoms in total. The van der Waals surface area contributed by atoms with Crippen molar-refractivity contribution in [3.8, 4) is 11.8 Å². The molecule has 2 aromatic carbocycles. The molecule has 3 rings (SSSR count). The summed E-state index contributed by atoms with van der Waals surface area (Å²) in [7, 11) is 0. The van der Waals surface area contributed by atoms with Gasteiger partial charge in [-0.3, -0.25) is 4.79 Å². The van der Waals surface area contributed by atoms with E-state index in [9.17, 15) is 22.4 Å². The highest BCUT2D eigenvalue weighted by Gasteiger charge is 2.51. The summed E-state index contributed by atoms with van der Waals surface area (Å²) in [6, 6.07) is 8.09. The van der Waals surface area contributed by atoms with Crippen molar-refractivity contribution in [1.82, 2.24) is 0 Å². The van der Waals surface area contributed by atoms with Crippen LogP contribution in [0.15, 0.2) is 36.4 Å². The summed E-state index contributed by atoms with van der Waals surface area (Å²) >= 11 is 5.09. The van der Waals surface area contributed by atoms with E-state index >= 15 is 0 Å². The number of rotatable bonds is 4. The first-order chi connectivity index (χ1) is 14.5. The van der Waals surface area contributed by atoms with Crippen molar-refractivity contribution < 1.29 is 31.8 Å². The van der Waals surface area contributed by atoms with Gasteiger partial charge in [0.05, 0.1) is 17.7 Å². The minimum Gasteiger partial charge on any atom is -0.489 e. The molecule has 1 fully saturated rings. The summed E-state index contributed by atoms with van der Waals surface area (Å²) in [6.07, 6.45) is -4.79. The molecule has 2 aromatic rings. The minimum atomic E-state index is -4.79. The van der Waals surface area contributed by atoms with Crippen molar-refractivity contribution in [2.75, 3.05) is 6.61 Å². The molecular weight excluding hydrogens is 436 g/mol. The Labute approximate surface area is 179 Å². The van der Waals surface area contributed by atoms with Gasteiger partial charge in [0, 0.05) is 6.07 Å². The Hall–Kier alpha value is -3.50. The van der Waals surface area contributed by atoms with Crippen LogP contribution in [0.25, 0.3) is 4.85 Å². The van der Waals surface area contributed by atoms with E-state index in [2.05, 4.69) is 4.85 Å². The van der Waals surface area contributed by atoms with E-state index in [0.717, 1.165) is 12.1 Å². The van der Waals surface area contributed by atoms with Crippen LogP contribution in [0.1, 0.15) is 29.5 Å². The minimum absolute atomic E-state index is 0.0317. The largest absolute Gasteiger partial charge is 0.489 e. The molecule has 1 saturated heterocycles. The highest BCUT2D eigenvalue weighted by Crippen LogP contribution is 2.41. The Bertz CT molecular complexity index is 1170. The number of hydrogen-bond donors (Lipinski definition) is 0. The molecule has 0 amide bonds. The topological polar surface area (TPSA) is 63.7 Å². The second-order valence-electron chi connectivity index (χ2n) is 6.88. The summed E-state index contributed by atoms with van der Waals surface area (Å²) in [5, 5.41) is 8.53. The third-order valence-corrected chi connectivity index (χ3v) is 5.02. The zero-order valence-electron chi connectivity index (χ0n) is 15.8. The van der Waals surface area contributed by atoms with Crippen LogP contribution in [-0.2, 0) is 15.7 Å². The molecule has 1 heterocycles. The van der Waals surface area contributed by atoms with Gasteiger partial charge in [0.25, 0.3) is 0 Å². The molecule has 1 aliphatic heterocycles. The predicted molar refractivity (Wildman–Crippen MR) is 104 cm³/mol. The molecule has 0 N–H and O–H groups in total. The van der Waals surface area contributed by atoms with Crippen LogP contribution < -0.4 is 4.74 Å². The van der Waals surface area contributed by atoms with Gasteiger partial charge < -0.3 is 9.47 Å². The lowest BCUT2D eigenvalue weighted by atomic mass is 9.88.